The number of carbonyl (C=O) groups is 2. The molecule has 0 aliphatic heterocycles. The van der Waals surface area contributed by atoms with Gasteiger partial charge in [0.15, 0.2) is 12.1 Å². The highest BCUT2D eigenvalue weighted by molar-refractivity contribution is 6.42. The van der Waals surface area contributed by atoms with E-state index in [2.05, 4.69) is 0 Å². The van der Waals surface area contributed by atoms with Crippen LogP contribution in [0.3, 0.4) is 0 Å². The van der Waals surface area contributed by atoms with Gasteiger partial charge >= 0.3 is 0 Å². The van der Waals surface area contributed by atoms with E-state index in [0.717, 1.165) is 0 Å². The maximum absolute atomic E-state index is 11.0. The second-order valence-corrected chi connectivity index (χ2v) is 3.34. The van der Waals surface area contributed by atoms with Crippen molar-refractivity contribution in [1.29, 1.82) is 0 Å². The van der Waals surface area contributed by atoms with Gasteiger partial charge < -0.3 is 0 Å². The molecule has 0 atom stereocenters. The Kier molecular flexibility index (Phi) is 3.07. The summed E-state index contributed by atoms with van der Waals surface area (Å²) >= 11 is 11.4. The van der Waals surface area contributed by atoms with E-state index in [0.29, 0.717) is 11.8 Å². The van der Waals surface area contributed by atoms with E-state index in [4.69, 9.17) is 23.2 Å². The van der Waals surface area contributed by atoms with Gasteiger partial charge in [0.25, 0.3) is 0 Å². The van der Waals surface area contributed by atoms with Crippen molar-refractivity contribution in [3.8, 4) is 0 Å². The molecule has 2 nitrogen and oxygen atoms in total. The highest BCUT2D eigenvalue weighted by Gasteiger charge is 2.09. The fourth-order valence-corrected chi connectivity index (χ4v) is 1.30. The zero-order valence-electron chi connectivity index (χ0n) is 6.80. The number of hydrogen-bond acceptors (Lipinski definition) is 2. The number of hydrogen-bond donors (Lipinski definition) is 0. The van der Waals surface area contributed by atoms with Crippen LogP contribution in [0.15, 0.2) is 12.1 Å². The quantitative estimate of drug-likeness (QED) is 0.563. The smallest absolute Gasteiger partial charge is 0.160 e. The fraction of sp³-hybridized carbons (Fsp3) is 0.111. The van der Waals surface area contributed by atoms with Gasteiger partial charge in [-0.15, -0.1) is 0 Å². The Labute approximate surface area is 85.5 Å². The largest absolute Gasteiger partial charge is 0.298 e. The summed E-state index contributed by atoms with van der Waals surface area (Å²) in [6, 6.07) is 2.78. The average Bonchev–Trinajstić information content (AvgIpc) is 2.08. The molecule has 0 amide bonds. The normalized spacial score (nSPS) is 9.77. The van der Waals surface area contributed by atoms with Crippen LogP contribution in [0.5, 0.6) is 0 Å². The number of aldehydes is 1. The van der Waals surface area contributed by atoms with Crippen LogP contribution in [0, 0.1) is 0 Å². The zero-order chi connectivity index (χ0) is 10.0. The SMILES string of the molecule is CC(=O)c1cc(Cl)c(Cl)cc1C=O. The van der Waals surface area contributed by atoms with E-state index >= 15 is 0 Å². The van der Waals surface area contributed by atoms with Crippen LogP contribution >= 0.6 is 23.2 Å². The van der Waals surface area contributed by atoms with Crippen molar-refractivity contribution < 1.29 is 9.59 Å². The van der Waals surface area contributed by atoms with Crippen LogP contribution in [0.1, 0.15) is 27.6 Å². The van der Waals surface area contributed by atoms with E-state index < -0.39 is 0 Å². The van der Waals surface area contributed by atoms with E-state index in [-0.39, 0.29) is 21.4 Å². The Bertz CT molecular complexity index is 372. The van der Waals surface area contributed by atoms with Gasteiger partial charge in [-0.05, 0) is 19.1 Å². The molecule has 0 bridgehead atoms. The molecule has 0 saturated heterocycles. The lowest BCUT2D eigenvalue weighted by Gasteiger charge is -2.02. The summed E-state index contributed by atoms with van der Waals surface area (Å²) in [5.74, 6) is -0.208. The van der Waals surface area contributed by atoms with Crippen LogP contribution in [-0.4, -0.2) is 12.1 Å². The predicted octanol–water partition coefficient (Wildman–Crippen LogP) is 3.01. The summed E-state index contributed by atoms with van der Waals surface area (Å²) in [7, 11) is 0. The van der Waals surface area contributed by atoms with E-state index in [9.17, 15) is 9.59 Å². The number of Topliss-reactive ketones (excluding diaryl/α,β-unsaturated/α-hetero) is 1. The van der Waals surface area contributed by atoms with Crippen molar-refractivity contribution in [3.63, 3.8) is 0 Å². The lowest BCUT2D eigenvalue weighted by Crippen LogP contribution is -1.98. The first-order valence-corrected chi connectivity index (χ1v) is 4.27. The van der Waals surface area contributed by atoms with E-state index in [1.54, 1.807) is 0 Å². The van der Waals surface area contributed by atoms with Crippen LogP contribution < -0.4 is 0 Å². The summed E-state index contributed by atoms with van der Waals surface area (Å²) in [6.45, 7) is 1.37. The molecular formula is C9H6Cl2O2. The van der Waals surface area contributed by atoms with Gasteiger partial charge in [0.2, 0.25) is 0 Å². The molecule has 1 aromatic carbocycles. The van der Waals surface area contributed by atoms with Gasteiger partial charge in [-0.3, -0.25) is 9.59 Å². The van der Waals surface area contributed by atoms with Gasteiger partial charge in [0.1, 0.15) is 0 Å². The van der Waals surface area contributed by atoms with Gasteiger partial charge in [0, 0.05) is 11.1 Å². The topological polar surface area (TPSA) is 34.1 Å². The summed E-state index contributed by atoms with van der Waals surface area (Å²) < 4.78 is 0. The van der Waals surface area contributed by atoms with Crippen molar-refractivity contribution in [2.75, 3.05) is 0 Å². The predicted molar refractivity (Wildman–Crippen MR) is 51.9 cm³/mol. The van der Waals surface area contributed by atoms with Crippen molar-refractivity contribution in [2.45, 2.75) is 6.92 Å². The Balaban J connectivity index is 3.41. The van der Waals surface area contributed by atoms with Crippen LogP contribution in [0.2, 0.25) is 10.0 Å². The number of halogens is 2. The van der Waals surface area contributed by atoms with Crippen molar-refractivity contribution in [1.82, 2.24) is 0 Å². The Morgan fingerprint density at radius 1 is 1.31 bits per heavy atom. The van der Waals surface area contributed by atoms with Crippen LogP contribution in [0.25, 0.3) is 0 Å². The molecule has 0 radical (unpaired) electrons. The first-order chi connectivity index (χ1) is 6.06. The fourth-order valence-electron chi connectivity index (χ4n) is 0.965. The molecule has 0 aromatic heterocycles. The first kappa shape index (κ1) is 10.2. The molecule has 0 aliphatic carbocycles. The minimum absolute atomic E-state index is 0.208. The number of carbonyl (C=O) groups excluding carboxylic acids is 2. The maximum Gasteiger partial charge on any atom is 0.160 e. The molecule has 0 aliphatic rings. The highest BCUT2D eigenvalue weighted by atomic mass is 35.5. The maximum atomic E-state index is 11.0. The Hall–Kier alpha value is -0.860. The Morgan fingerprint density at radius 3 is 2.31 bits per heavy atom. The molecule has 1 rings (SSSR count). The van der Waals surface area contributed by atoms with Gasteiger partial charge in [-0.25, -0.2) is 0 Å². The Morgan fingerprint density at radius 2 is 1.85 bits per heavy atom. The molecule has 0 fully saturated rings. The van der Waals surface area contributed by atoms with E-state index in [1.807, 2.05) is 0 Å². The van der Waals surface area contributed by atoms with Crippen LogP contribution in [-0.2, 0) is 0 Å². The van der Waals surface area contributed by atoms with Crippen LogP contribution in [0.4, 0.5) is 0 Å². The molecule has 0 heterocycles. The van der Waals surface area contributed by atoms with Gasteiger partial charge in [-0.2, -0.15) is 0 Å². The molecule has 0 N–H and O–H groups in total. The lowest BCUT2D eigenvalue weighted by atomic mass is 10.1. The molecular weight excluding hydrogens is 211 g/mol. The highest BCUT2D eigenvalue weighted by Crippen LogP contribution is 2.25. The molecule has 0 unspecified atom stereocenters. The average molecular weight is 217 g/mol. The third-order valence-corrected chi connectivity index (χ3v) is 2.32. The second kappa shape index (κ2) is 3.90. The molecule has 0 spiro atoms. The van der Waals surface area contributed by atoms with Crippen molar-refractivity contribution >= 4 is 35.3 Å². The number of ketones is 1. The minimum atomic E-state index is -0.208. The molecule has 4 heteroatoms. The second-order valence-electron chi connectivity index (χ2n) is 2.53. The minimum Gasteiger partial charge on any atom is -0.298 e. The van der Waals surface area contributed by atoms with Gasteiger partial charge in [0.05, 0.1) is 10.0 Å². The standard InChI is InChI=1S/C9H6Cl2O2/c1-5(13)7-3-9(11)8(10)2-6(7)4-12/h2-4H,1H3. The van der Waals surface area contributed by atoms with Crippen molar-refractivity contribution in [3.05, 3.63) is 33.3 Å². The zero-order valence-corrected chi connectivity index (χ0v) is 8.32. The molecule has 68 valence electrons. The third-order valence-electron chi connectivity index (χ3n) is 1.60. The summed E-state index contributed by atoms with van der Waals surface area (Å²) in [4.78, 5) is 21.6. The molecule has 13 heavy (non-hydrogen) atoms. The number of rotatable bonds is 2. The summed E-state index contributed by atoms with van der Waals surface area (Å²) in [6.07, 6.45) is 0.582. The first-order valence-electron chi connectivity index (χ1n) is 3.51. The third kappa shape index (κ3) is 2.08. The molecule has 1 aromatic rings. The number of benzene rings is 1. The van der Waals surface area contributed by atoms with Gasteiger partial charge in [-0.1, -0.05) is 23.2 Å². The van der Waals surface area contributed by atoms with Crippen molar-refractivity contribution in [2.24, 2.45) is 0 Å². The molecule has 0 saturated carbocycles. The summed E-state index contributed by atoms with van der Waals surface area (Å²) in [5, 5.41) is 0.547. The summed E-state index contributed by atoms with van der Waals surface area (Å²) in [5.41, 5.74) is 0.561. The monoisotopic (exact) mass is 216 g/mol. The van der Waals surface area contributed by atoms with E-state index in [1.165, 1.54) is 19.1 Å². The lowest BCUT2D eigenvalue weighted by molar-refractivity contribution is 0.101.